The molecule has 2 aromatic carbocycles. The van der Waals surface area contributed by atoms with E-state index in [9.17, 15) is 4.79 Å². The van der Waals surface area contributed by atoms with Crippen LogP contribution in [-0.4, -0.2) is 18.1 Å². The van der Waals surface area contributed by atoms with Crippen molar-refractivity contribution in [1.29, 1.82) is 0 Å². The minimum atomic E-state index is -0.312. The number of thiazole rings is 1. The number of hydrogen-bond acceptors (Lipinski definition) is 5. The minimum absolute atomic E-state index is 0.156. The zero-order valence-electron chi connectivity index (χ0n) is 13.3. The molecule has 0 spiro atoms. The molecule has 0 fully saturated rings. The highest BCUT2D eigenvalue weighted by molar-refractivity contribution is 7.16. The van der Waals surface area contributed by atoms with E-state index in [0.29, 0.717) is 15.2 Å². The van der Waals surface area contributed by atoms with Crippen LogP contribution in [0.4, 0.5) is 10.8 Å². The highest BCUT2D eigenvalue weighted by atomic mass is 35.5. The van der Waals surface area contributed by atoms with Gasteiger partial charge >= 0.3 is 5.97 Å². The van der Waals surface area contributed by atoms with Crippen LogP contribution in [0.15, 0.2) is 48.5 Å². The van der Waals surface area contributed by atoms with E-state index in [0.717, 1.165) is 21.8 Å². The van der Waals surface area contributed by atoms with Crippen LogP contribution in [0.25, 0.3) is 11.3 Å². The summed E-state index contributed by atoms with van der Waals surface area (Å²) in [5.41, 5.74) is 2.45. The Morgan fingerprint density at radius 1 is 1.16 bits per heavy atom. The highest BCUT2D eigenvalue weighted by Gasteiger charge is 2.17. The Morgan fingerprint density at radius 3 is 2.60 bits per heavy atom. The molecule has 25 heavy (non-hydrogen) atoms. The van der Waals surface area contributed by atoms with Crippen LogP contribution in [0.3, 0.4) is 0 Å². The molecule has 3 aromatic rings. The molecule has 1 aromatic heterocycles. The molecule has 0 unspecified atom stereocenters. The zero-order valence-corrected chi connectivity index (χ0v) is 15.6. The van der Waals surface area contributed by atoms with Crippen molar-refractivity contribution in [3.8, 4) is 11.3 Å². The second kappa shape index (κ2) is 7.87. The summed E-state index contributed by atoms with van der Waals surface area (Å²) in [5, 5.41) is 5.17. The summed E-state index contributed by atoms with van der Waals surface area (Å²) in [6.45, 7) is 0. The first-order chi connectivity index (χ1) is 12.0. The van der Waals surface area contributed by atoms with E-state index in [4.69, 9.17) is 27.9 Å². The third-order valence-electron chi connectivity index (χ3n) is 3.42. The van der Waals surface area contributed by atoms with E-state index in [-0.39, 0.29) is 12.4 Å². The Balaban J connectivity index is 1.96. The van der Waals surface area contributed by atoms with Crippen LogP contribution >= 0.6 is 34.5 Å². The molecule has 7 heteroatoms. The van der Waals surface area contributed by atoms with E-state index >= 15 is 0 Å². The largest absolute Gasteiger partial charge is 0.469 e. The third-order valence-corrected chi connectivity index (χ3v) is 4.88. The van der Waals surface area contributed by atoms with E-state index in [2.05, 4.69) is 10.3 Å². The van der Waals surface area contributed by atoms with Gasteiger partial charge in [-0.05, 0) is 30.3 Å². The van der Waals surface area contributed by atoms with Crippen molar-refractivity contribution >= 4 is 51.3 Å². The third kappa shape index (κ3) is 4.51. The molecule has 0 radical (unpaired) electrons. The first-order valence-electron chi connectivity index (χ1n) is 7.40. The van der Waals surface area contributed by atoms with Gasteiger partial charge in [0.15, 0.2) is 5.13 Å². The first kappa shape index (κ1) is 17.7. The summed E-state index contributed by atoms with van der Waals surface area (Å²) >= 11 is 13.4. The number of esters is 1. The summed E-state index contributed by atoms with van der Waals surface area (Å²) < 4.78 is 4.79. The molecule has 0 atom stereocenters. The molecule has 0 saturated heterocycles. The average molecular weight is 393 g/mol. The number of anilines is 2. The summed E-state index contributed by atoms with van der Waals surface area (Å²) in [7, 11) is 1.37. The number of ether oxygens (including phenoxy) is 1. The number of benzene rings is 2. The number of carbonyl (C=O) groups excluding carboxylic acids is 1. The van der Waals surface area contributed by atoms with Crippen LogP contribution in [0, 0.1) is 0 Å². The summed E-state index contributed by atoms with van der Waals surface area (Å²) in [5.74, 6) is -0.312. The van der Waals surface area contributed by atoms with Gasteiger partial charge in [-0.15, -0.1) is 11.3 Å². The molecular formula is C18H14Cl2N2O2S. The van der Waals surface area contributed by atoms with Gasteiger partial charge in [-0.25, -0.2) is 4.98 Å². The highest BCUT2D eigenvalue weighted by Crippen LogP contribution is 2.34. The van der Waals surface area contributed by atoms with Gasteiger partial charge < -0.3 is 10.1 Å². The van der Waals surface area contributed by atoms with Crippen molar-refractivity contribution in [3.63, 3.8) is 0 Å². The predicted molar refractivity (Wildman–Crippen MR) is 103 cm³/mol. The van der Waals surface area contributed by atoms with Gasteiger partial charge in [0.2, 0.25) is 0 Å². The molecule has 3 rings (SSSR count). The molecule has 4 nitrogen and oxygen atoms in total. The maximum atomic E-state index is 11.7. The van der Waals surface area contributed by atoms with Crippen molar-refractivity contribution < 1.29 is 9.53 Å². The van der Waals surface area contributed by atoms with Crippen LogP contribution < -0.4 is 5.32 Å². The molecular weight excluding hydrogens is 379 g/mol. The molecule has 0 amide bonds. The maximum Gasteiger partial charge on any atom is 0.310 e. The Hall–Kier alpha value is -2.08. The summed E-state index contributed by atoms with van der Waals surface area (Å²) in [6.07, 6.45) is 0.156. The van der Waals surface area contributed by atoms with E-state index < -0.39 is 0 Å². The van der Waals surface area contributed by atoms with Crippen molar-refractivity contribution in [2.45, 2.75) is 6.42 Å². The fourth-order valence-corrected chi connectivity index (χ4v) is 3.56. The van der Waals surface area contributed by atoms with E-state index in [1.807, 2.05) is 30.3 Å². The molecule has 0 aliphatic carbocycles. The molecule has 0 aliphatic rings. The molecule has 1 heterocycles. The van der Waals surface area contributed by atoms with E-state index in [1.54, 1.807) is 18.2 Å². The van der Waals surface area contributed by atoms with Gasteiger partial charge in [0.1, 0.15) is 0 Å². The molecule has 0 saturated carbocycles. The number of aromatic nitrogens is 1. The molecule has 1 N–H and O–H groups in total. The van der Waals surface area contributed by atoms with Gasteiger partial charge in [-0.1, -0.05) is 41.4 Å². The lowest BCUT2D eigenvalue weighted by atomic mass is 10.1. The lowest BCUT2D eigenvalue weighted by Crippen LogP contribution is -2.03. The first-order valence-corrected chi connectivity index (χ1v) is 8.97. The quantitative estimate of drug-likeness (QED) is 0.576. The van der Waals surface area contributed by atoms with Crippen LogP contribution in [0.2, 0.25) is 10.0 Å². The number of carbonyl (C=O) groups is 1. The van der Waals surface area contributed by atoms with Gasteiger partial charge in [0.25, 0.3) is 0 Å². The summed E-state index contributed by atoms with van der Waals surface area (Å²) in [4.78, 5) is 17.2. The van der Waals surface area contributed by atoms with Gasteiger partial charge in [-0.3, -0.25) is 4.79 Å². The van der Waals surface area contributed by atoms with Crippen molar-refractivity contribution in [2.75, 3.05) is 12.4 Å². The summed E-state index contributed by atoms with van der Waals surface area (Å²) in [6, 6.07) is 14.7. The minimum Gasteiger partial charge on any atom is -0.469 e. The van der Waals surface area contributed by atoms with Crippen molar-refractivity contribution in [2.24, 2.45) is 0 Å². The number of nitrogens with zero attached hydrogens (tertiary/aromatic N) is 1. The monoisotopic (exact) mass is 392 g/mol. The molecule has 0 bridgehead atoms. The van der Waals surface area contributed by atoms with Crippen LogP contribution in [0.1, 0.15) is 4.88 Å². The Morgan fingerprint density at radius 2 is 1.92 bits per heavy atom. The molecule has 0 aliphatic heterocycles. The number of halogens is 2. The number of methoxy groups -OCH3 is 1. The fourth-order valence-electron chi connectivity index (χ4n) is 2.25. The number of hydrogen-bond donors (Lipinski definition) is 1. The van der Waals surface area contributed by atoms with E-state index in [1.165, 1.54) is 18.4 Å². The second-order valence-electron chi connectivity index (χ2n) is 5.19. The SMILES string of the molecule is COC(=O)Cc1sc(Nc2cccc(Cl)c2)nc1-c1ccc(Cl)cc1. The zero-order chi connectivity index (χ0) is 17.8. The average Bonchev–Trinajstić information content (AvgIpc) is 2.97. The lowest BCUT2D eigenvalue weighted by molar-refractivity contribution is -0.139. The topological polar surface area (TPSA) is 51.2 Å². The Kier molecular flexibility index (Phi) is 5.58. The standard InChI is InChI=1S/C18H14Cl2N2O2S/c1-24-16(23)10-15-17(11-5-7-12(19)8-6-11)22-18(25-15)21-14-4-2-3-13(20)9-14/h2-9H,10H2,1H3,(H,21,22). The number of rotatable bonds is 5. The Bertz CT molecular complexity index is 894. The van der Waals surface area contributed by atoms with Crippen molar-refractivity contribution in [3.05, 3.63) is 63.5 Å². The van der Waals surface area contributed by atoms with Crippen molar-refractivity contribution in [1.82, 2.24) is 4.98 Å². The smallest absolute Gasteiger partial charge is 0.310 e. The normalized spacial score (nSPS) is 10.5. The maximum absolute atomic E-state index is 11.7. The second-order valence-corrected chi connectivity index (χ2v) is 7.14. The predicted octanol–water partition coefficient (Wildman–Crippen LogP) is 5.58. The number of nitrogens with one attached hydrogen (secondary N) is 1. The van der Waals surface area contributed by atoms with Gasteiger partial charge in [0, 0.05) is 26.2 Å². The fraction of sp³-hybridized carbons (Fsp3) is 0.111. The van der Waals surface area contributed by atoms with Crippen LogP contribution in [0.5, 0.6) is 0 Å². The van der Waals surface area contributed by atoms with Crippen LogP contribution in [-0.2, 0) is 16.0 Å². The van der Waals surface area contributed by atoms with Gasteiger partial charge in [0.05, 0.1) is 19.2 Å². The Labute approximate surface area is 159 Å². The molecule has 128 valence electrons. The van der Waals surface area contributed by atoms with Gasteiger partial charge in [-0.2, -0.15) is 0 Å². The lowest BCUT2D eigenvalue weighted by Gasteiger charge is -2.02.